The van der Waals surface area contributed by atoms with E-state index in [-0.39, 0.29) is 5.69 Å². The summed E-state index contributed by atoms with van der Waals surface area (Å²) in [6, 6.07) is 5.69. The molecule has 0 unspecified atom stereocenters. The second-order valence-corrected chi connectivity index (χ2v) is 5.10. The second kappa shape index (κ2) is 6.14. The number of rotatable bonds is 2. The molecule has 0 spiro atoms. The molecule has 0 aromatic heterocycles. The predicted molar refractivity (Wildman–Crippen MR) is 75.2 cm³/mol. The van der Waals surface area contributed by atoms with Crippen LogP contribution in [0.2, 0.25) is 0 Å². The first-order valence-corrected chi connectivity index (χ1v) is 5.97. The molecule has 0 radical (unpaired) electrons. The molecule has 1 N–H and O–H groups in total. The summed E-state index contributed by atoms with van der Waals surface area (Å²) in [5, 5.41) is 13.0. The maximum Gasteiger partial charge on any atom is 0.413 e. The molecule has 1 rings (SSSR count). The summed E-state index contributed by atoms with van der Waals surface area (Å²) in [5.74, 6) is 0.341. The standard InChI is InChI=1S/C13H17N3O4/c1-9(15-12(17)20-13(2,3)4)14-10-5-7-11(8-6-10)16(18)19/h5-8H,1-4H3,(H,14,15,17). The third kappa shape index (κ3) is 5.47. The highest BCUT2D eigenvalue weighted by molar-refractivity contribution is 5.95. The number of hydrogen-bond acceptors (Lipinski definition) is 5. The van der Waals surface area contributed by atoms with E-state index in [1.165, 1.54) is 24.3 Å². The lowest BCUT2D eigenvalue weighted by molar-refractivity contribution is -0.384. The fourth-order valence-electron chi connectivity index (χ4n) is 1.32. The van der Waals surface area contributed by atoms with Crippen molar-refractivity contribution >= 4 is 23.3 Å². The first-order chi connectivity index (χ1) is 9.17. The van der Waals surface area contributed by atoms with Crippen molar-refractivity contribution in [2.24, 2.45) is 4.99 Å². The van der Waals surface area contributed by atoms with E-state index in [1.807, 2.05) is 0 Å². The summed E-state index contributed by atoms with van der Waals surface area (Å²) in [5.41, 5.74) is -0.0941. The minimum Gasteiger partial charge on any atom is -0.444 e. The Kier molecular flexibility index (Phi) is 4.79. The number of benzene rings is 1. The number of nitro benzene ring substituents is 1. The van der Waals surface area contributed by atoms with Crippen LogP contribution in [-0.4, -0.2) is 22.5 Å². The lowest BCUT2D eigenvalue weighted by Gasteiger charge is -2.19. The molecule has 1 amide bonds. The smallest absolute Gasteiger partial charge is 0.413 e. The number of aliphatic imine (C=N–C) groups is 1. The van der Waals surface area contributed by atoms with E-state index >= 15 is 0 Å². The highest BCUT2D eigenvalue weighted by Gasteiger charge is 2.16. The molecule has 0 saturated carbocycles. The highest BCUT2D eigenvalue weighted by Crippen LogP contribution is 2.17. The van der Waals surface area contributed by atoms with Gasteiger partial charge < -0.3 is 4.74 Å². The number of carbonyl (C=O) groups excluding carboxylic acids is 1. The van der Waals surface area contributed by atoms with E-state index in [2.05, 4.69) is 10.3 Å². The molecular formula is C13H17N3O4. The maximum absolute atomic E-state index is 11.5. The number of hydrogen-bond donors (Lipinski definition) is 1. The van der Waals surface area contributed by atoms with Crippen molar-refractivity contribution in [2.75, 3.05) is 0 Å². The third-order valence-electron chi connectivity index (χ3n) is 2.04. The number of amidine groups is 1. The zero-order chi connectivity index (χ0) is 15.3. The number of carbonyl (C=O) groups is 1. The number of nitrogens with one attached hydrogen (secondary N) is 1. The van der Waals surface area contributed by atoms with Crippen LogP contribution in [0, 0.1) is 10.1 Å². The molecule has 0 bridgehead atoms. The summed E-state index contributed by atoms with van der Waals surface area (Å²) in [6.07, 6.45) is -0.597. The van der Waals surface area contributed by atoms with E-state index < -0.39 is 16.6 Å². The summed E-state index contributed by atoms with van der Waals surface area (Å²) in [6.45, 7) is 6.88. The van der Waals surface area contributed by atoms with Crippen molar-refractivity contribution in [3.63, 3.8) is 0 Å². The number of nitrogens with zero attached hydrogens (tertiary/aromatic N) is 2. The third-order valence-corrected chi connectivity index (χ3v) is 2.04. The molecule has 0 heterocycles. The minimum atomic E-state index is -0.597. The van der Waals surface area contributed by atoms with Gasteiger partial charge in [-0.3, -0.25) is 15.4 Å². The van der Waals surface area contributed by atoms with Gasteiger partial charge >= 0.3 is 6.09 Å². The average molecular weight is 279 g/mol. The SMILES string of the molecule is CC(=Nc1ccc([N+](=O)[O-])cc1)NC(=O)OC(C)(C)C. The van der Waals surface area contributed by atoms with Crippen LogP contribution in [-0.2, 0) is 4.74 Å². The van der Waals surface area contributed by atoms with E-state index in [0.717, 1.165) is 0 Å². The van der Waals surface area contributed by atoms with Crippen molar-refractivity contribution < 1.29 is 14.5 Å². The van der Waals surface area contributed by atoms with Crippen LogP contribution in [0.25, 0.3) is 0 Å². The van der Waals surface area contributed by atoms with Gasteiger partial charge in [0.05, 0.1) is 10.6 Å². The monoisotopic (exact) mass is 279 g/mol. The van der Waals surface area contributed by atoms with Gasteiger partial charge in [-0.2, -0.15) is 0 Å². The van der Waals surface area contributed by atoms with Gasteiger partial charge in [0.1, 0.15) is 11.4 Å². The number of ether oxygens (including phenoxy) is 1. The molecule has 7 heteroatoms. The Morgan fingerprint density at radius 2 is 1.85 bits per heavy atom. The number of amides is 1. The molecule has 1 aromatic carbocycles. The van der Waals surface area contributed by atoms with E-state index in [0.29, 0.717) is 11.5 Å². The number of nitro groups is 1. The summed E-state index contributed by atoms with van der Waals surface area (Å²) >= 11 is 0. The van der Waals surface area contributed by atoms with E-state index in [9.17, 15) is 14.9 Å². The molecule has 0 fully saturated rings. The number of alkyl carbamates (subject to hydrolysis) is 1. The maximum atomic E-state index is 11.5. The Morgan fingerprint density at radius 1 is 1.30 bits per heavy atom. The fourth-order valence-corrected chi connectivity index (χ4v) is 1.32. The van der Waals surface area contributed by atoms with Crippen molar-refractivity contribution in [3.05, 3.63) is 34.4 Å². The van der Waals surface area contributed by atoms with Gasteiger partial charge in [0.2, 0.25) is 0 Å². The summed E-state index contributed by atoms with van der Waals surface area (Å²) in [4.78, 5) is 25.6. The van der Waals surface area contributed by atoms with Gasteiger partial charge in [-0.05, 0) is 39.8 Å². The zero-order valence-electron chi connectivity index (χ0n) is 11.8. The molecule has 0 saturated heterocycles. The normalized spacial score (nSPS) is 11.9. The van der Waals surface area contributed by atoms with Crippen molar-refractivity contribution in [1.29, 1.82) is 0 Å². The predicted octanol–water partition coefficient (Wildman–Crippen LogP) is 3.17. The van der Waals surface area contributed by atoms with Crippen molar-refractivity contribution in [3.8, 4) is 0 Å². The highest BCUT2D eigenvalue weighted by atomic mass is 16.6. The molecule has 20 heavy (non-hydrogen) atoms. The van der Waals surface area contributed by atoms with Crippen molar-refractivity contribution in [1.82, 2.24) is 5.32 Å². The molecule has 0 aliphatic carbocycles. The van der Waals surface area contributed by atoms with Crippen molar-refractivity contribution in [2.45, 2.75) is 33.3 Å². The van der Waals surface area contributed by atoms with Gasteiger partial charge in [0.15, 0.2) is 0 Å². The van der Waals surface area contributed by atoms with Gasteiger partial charge in [-0.1, -0.05) is 0 Å². The van der Waals surface area contributed by atoms with E-state index in [1.54, 1.807) is 27.7 Å². The molecule has 1 aromatic rings. The van der Waals surface area contributed by atoms with Gasteiger partial charge in [0.25, 0.3) is 5.69 Å². The fraction of sp³-hybridized carbons (Fsp3) is 0.385. The van der Waals surface area contributed by atoms with Crippen LogP contribution in [0.5, 0.6) is 0 Å². The van der Waals surface area contributed by atoms with Crippen LogP contribution in [0.1, 0.15) is 27.7 Å². The Morgan fingerprint density at radius 3 is 2.30 bits per heavy atom. The largest absolute Gasteiger partial charge is 0.444 e. The van der Waals surface area contributed by atoms with Crippen LogP contribution in [0.4, 0.5) is 16.2 Å². The summed E-state index contributed by atoms with van der Waals surface area (Å²) < 4.78 is 5.08. The van der Waals surface area contributed by atoms with Crippen LogP contribution >= 0.6 is 0 Å². The van der Waals surface area contributed by atoms with Crippen LogP contribution < -0.4 is 5.32 Å². The van der Waals surface area contributed by atoms with Gasteiger partial charge in [0, 0.05) is 12.1 Å². The molecule has 108 valence electrons. The van der Waals surface area contributed by atoms with Crippen LogP contribution in [0.15, 0.2) is 29.3 Å². The zero-order valence-corrected chi connectivity index (χ0v) is 11.8. The first kappa shape index (κ1) is 15.6. The molecule has 0 aliphatic heterocycles. The Bertz CT molecular complexity index is 530. The average Bonchev–Trinajstić information content (AvgIpc) is 2.26. The first-order valence-electron chi connectivity index (χ1n) is 5.97. The Hall–Kier alpha value is -2.44. The van der Waals surface area contributed by atoms with Gasteiger partial charge in [-0.25, -0.2) is 9.79 Å². The van der Waals surface area contributed by atoms with E-state index in [4.69, 9.17) is 4.74 Å². The Balaban J connectivity index is 2.69. The molecule has 0 aliphatic rings. The Labute approximate surface area is 116 Å². The van der Waals surface area contributed by atoms with Gasteiger partial charge in [-0.15, -0.1) is 0 Å². The quantitative estimate of drug-likeness (QED) is 0.389. The second-order valence-electron chi connectivity index (χ2n) is 5.10. The summed E-state index contributed by atoms with van der Waals surface area (Å²) in [7, 11) is 0. The molecule has 7 nitrogen and oxygen atoms in total. The molecular weight excluding hydrogens is 262 g/mol. The lowest BCUT2D eigenvalue weighted by Crippen LogP contribution is -2.35. The van der Waals surface area contributed by atoms with Crippen LogP contribution in [0.3, 0.4) is 0 Å². The topological polar surface area (TPSA) is 93.8 Å². The minimum absolute atomic E-state index is 0.0123. The number of non-ortho nitro benzene ring substituents is 1. The molecule has 0 atom stereocenters. The lowest BCUT2D eigenvalue weighted by atomic mass is 10.2.